The average molecular weight is 510 g/mol. The highest BCUT2D eigenvalue weighted by Crippen LogP contribution is 2.36. The lowest BCUT2D eigenvalue weighted by Gasteiger charge is -2.35. The summed E-state index contributed by atoms with van der Waals surface area (Å²) in [5, 5.41) is 34.5. The maximum absolute atomic E-state index is 13.2. The number of aliphatic hydroxyl groups excluding tert-OH is 3. The number of cyclic esters (lactones) is 1. The maximum atomic E-state index is 13.2. The fraction of sp³-hybridized carbons (Fsp3) is 0.731. The van der Waals surface area contributed by atoms with Crippen molar-refractivity contribution >= 4 is 29.2 Å². The van der Waals surface area contributed by atoms with Crippen LogP contribution in [0.5, 0.6) is 0 Å². The van der Waals surface area contributed by atoms with Crippen LogP contribution < -0.4 is 0 Å². The van der Waals surface area contributed by atoms with Crippen molar-refractivity contribution in [1.82, 2.24) is 4.98 Å². The van der Waals surface area contributed by atoms with Crippen molar-refractivity contribution in [1.29, 1.82) is 0 Å². The third-order valence-electron chi connectivity index (χ3n) is 7.57. The molecule has 2 aliphatic heterocycles. The number of ether oxygens (including phenoxy) is 2. The lowest BCUT2D eigenvalue weighted by molar-refractivity contribution is -0.157. The molecule has 9 heteroatoms. The Morgan fingerprint density at radius 3 is 2.60 bits per heavy atom. The van der Waals surface area contributed by atoms with Gasteiger partial charge < -0.3 is 24.8 Å². The first-order valence-corrected chi connectivity index (χ1v) is 13.3. The Hall–Kier alpha value is -1.65. The Bertz CT molecular complexity index is 931. The molecule has 0 aromatic carbocycles. The van der Waals surface area contributed by atoms with E-state index < -0.39 is 54.4 Å². The van der Waals surface area contributed by atoms with Gasteiger partial charge in [-0.3, -0.25) is 9.59 Å². The summed E-state index contributed by atoms with van der Waals surface area (Å²) in [7, 11) is 0. The number of aliphatic hydroxyl groups is 3. The third kappa shape index (κ3) is 6.77. The lowest BCUT2D eigenvalue weighted by Crippen LogP contribution is -2.49. The standard InChI is InChI=1S/C26H39NO7S/c1-14-7-6-8-19-21(33-19)10-20(15(2)9-18-12-35-17(4)27-18)34-23(30)11-22(29)26(5,13-28)25(32)16(3)24(14)31/h9,12,14,16,19-22,24,28-29,31H,6-8,10-11,13H2,1-5H3/b15-9+/t14-,16+,19+,20-,21-,22-,24-,26-/m0/s1. The van der Waals surface area contributed by atoms with E-state index in [-0.39, 0.29) is 18.1 Å². The molecule has 1 aromatic heterocycles. The number of Topliss-reactive ketones (excluding diaryl/α,β-unsaturated/α-hetero) is 1. The molecule has 3 rings (SSSR count). The van der Waals surface area contributed by atoms with Gasteiger partial charge in [-0.25, -0.2) is 4.98 Å². The van der Waals surface area contributed by atoms with Gasteiger partial charge in [0.25, 0.3) is 0 Å². The molecule has 0 radical (unpaired) electrons. The molecule has 196 valence electrons. The van der Waals surface area contributed by atoms with E-state index in [1.807, 2.05) is 32.2 Å². The van der Waals surface area contributed by atoms with Crippen LogP contribution in [0.3, 0.4) is 0 Å². The van der Waals surface area contributed by atoms with Crippen LogP contribution in [0.15, 0.2) is 11.0 Å². The van der Waals surface area contributed by atoms with Gasteiger partial charge in [-0.1, -0.05) is 20.3 Å². The van der Waals surface area contributed by atoms with Crippen molar-refractivity contribution in [3.05, 3.63) is 21.7 Å². The predicted octanol–water partition coefficient (Wildman–Crippen LogP) is 3.06. The maximum Gasteiger partial charge on any atom is 0.309 e. The molecule has 8 nitrogen and oxygen atoms in total. The zero-order valence-electron chi connectivity index (χ0n) is 21.3. The van der Waals surface area contributed by atoms with Crippen LogP contribution >= 0.6 is 11.3 Å². The fourth-order valence-electron chi connectivity index (χ4n) is 4.87. The number of hydrogen-bond donors (Lipinski definition) is 3. The minimum Gasteiger partial charge on any atom is -0.458 e. The molecular formula is C26H39NO7S. The van der Waals surface area contributed by atoms with Gasteiger partial charge in [-0.15, -0.1) is 11.3 Å². The summed E-state index contributed by atoms with van der Waals surface area (Å²) in [6.07, 6.45) is 1.42. The highest BCUT2D eigenvalue weighted by Gasteiger charge is 2.46. The quantitative estimate of drug-likeness (QED) is 0.419. The molecule has 2 saturated heterocycles. The van der Waals surface area contributed by atoms with Crippen LogP contribution in [0.25, 0.3) is 6.08 Å². The molecule has 0 unspecified atom stereocenters. The van der Waals surface area contributed by atoms with Crippen LogP contribution in [-0.2, 0) is 19.1 Å². The number of carbonyl (C=O) groups excluding carboxylic acids is 2. The van der Waals surface area contributed by atoms with Crippen LogP contribution in [0.1, 0.15) is 70.5 Å². The molecule has 0 aliphatic carbocycles. The zero-order chi connectivity index (χ0) is 25.9. The van der Waals surface area contributed by atoms with Crippen LogP contribution in [0, 0.1) is 24.2 Å². The number of aryl methyl sites for hydroxylation is 1. The number of fused-ring (bicyclic) bond motifs is 1. The topological polar surface area (TPSA) is 129 Å². The number of esters is 1. The van der Waals surface area contributed by atoms with Crippen molar-refractivity contribution < 1.29 is 34.4 Å². The summed E-state index contributed by atoms with van der Waals surface area (Å²) >= 11 is 1.54. The van der Waals surface area contributed by atoms with E-state index >= 15 is 0 Å². The van der Waals surface area contributed by atoms with E-state index in [9.17, 15) is 24.9 Å². The van der Waals surface area contributed by atoms with Gasteiger partial charge >= 0.3 is 5.97 Å². The second-order valence-electron chi connectivity index (χ2n) is 10.5. The Morgan fingerprint density at radius 1 is 1.26 bits per heavy atom. The van der Waals surface area contributed by atoms with Gasteiger partial charge in [0, 0.05) is 17.7 Å². The monoisotopic (exact) mass is 509 g/mol. The molecule has 0 amide bonds. The molecule has 2 aliphatic rings. The van der Waals surface area contributed by atoms with Crippen LogP contribution in [0.4, 0.5) is 0 Å². The Labute approximate surface area is 211 Å². The van der Waals surface area contributed by atoms with E-state index in [4.69, 9.17) is 9.47 Å². The molecule has 3 N–H and O–H groups in total. The molecule has 8 atom stereocenters. The van der Waals surface area contributed by atoms with Crippen molar-refractivity contribution in [2.24, 2.45) is 17.3 Å². The molecule has 1 aromatic rings. The Morgan fingerprint density at radius 2 is 1.97 bits per heavy atom. The summed E-state index contributed by atoms with van der Waals surface area (Å²) < 4.78 is 11.6. The smallest absolute Gasteiger partial charge is 0.309 e. The summed E-state index contributed by atoms with van der Waals surface area (Å²) in [6.45, 7) is 8.10. The van der Waals surface area contributed by atoms with Gasteiger partial charge in [-0.2, -0.15) is 0 Å². The number of ketones is 1. The van der Waals surface area contributed by atoms with E-state index in [0.717, 1.165) is 35.5 Å². The first-order chi connectivity index (χ1) is 16.5. The molecule has 0 bridgehead atoms. The van der Waals surface area contributed by atoms with Gasteiger partial charge in [0.1, 0.15) is 11.9 Å². The number of epoxide rings is 1. The van der Waals surface area contributed by atoms with Gasteiger partial charge in [0.05, 0.1) is 53.6 Å². The van der Waals surface area contributed by atoms with Crippen LogP contribution in [0.2, 0.25) is 0 Å². The Kier molecular flexibility index (Phi) is 9.26. The van der Waals surface area contributed by atoms with E-state index in [1.54, 1.807) is 6.92 Å². The second-order valence-corrected chi connectivity index (χ2v) is 11.5. The highest BCUT2D eigenvalue weighted by atomic mass is 32.1. The average Bonchev–Trinajstić information content (AvgIpc) is 3.43. The number of aromatic nitrogens is 1. The summed E-state index contributed by atoms with van der Waals surface area (Å²) in [5.74, 6) is -2.07. The Balaban J connectivity index is 1.84. The van der Waals surface area contributed by atoms with Crippen LogP contribution in [-0.4, -0.2) is 69.2 Å². The summed E-state index contributed by atoms with van der Waals surface area (Å²) in [5.41, 5.74) is 0.0145. The molecule has 2 fully saturated rings. The van der Waals surface area contributed by atoms with E-state index in [0.29, 0.717) is 6.42 Å². The van der Waals surface area contributed by atoms with Crippen molar-refractivity contribution in [2.45, 2.75) is 97.2 Å². The van der Waals surface area contributed by atoms with E-state index in [1.165, 1.54) is 18.3 Å². The normalized spacial score (nSPS) is 38.1. The number of rotatable bonds is 3. The largest absolute Gasteiger partial charge is 0.458 e. The minimum absolute atomic E-state index is 0.0328. The highest BCUT2D eigenvalue weighted by molar-refractivity contribution is 7.09. The molecule has 0 saturated carbocycles. The zero-order valence-corrected chi connectivity index (χ0v) is 22.1. The SMILES string of the molecule is C/C(=C\c1csc(C)n1)[C@@H]1C[C@@H]2O[C@@H]2CCC[C@H](C)[C@H](O)[C@@H](C)C(=O)[C@@](C)(CO)[C@@H](O)CC(=O)O1. The van der Waals surface area contributed by atoms with Gasteiger partial charge in [-0.05, 0) is 51.2 Å². The molecule has 3 heterocycles. The summed E-state index contributed by atoms with van der Waals surface area (Å²) in [6, 6.07) is 0. The van der Waals surface area contributed by atoms with Gasteiger partial charge in [0.15, 0.2) is 0 Å². The van der Waals surface area contributed by atoms with Crippen molar-refractivity contribution in [3.8, 4) is 0 Å². The fourth-order valence-corrected chi connectivity index (χ4v) is 5.44. The van der Waals surface area contributed by atoms with Crippen molar-refractivity contribution in [2.75, 3.05) is 6.61 Å². The lowest BCUT2D eigenvalue weighted by atomic mass is 9.72. The first-order valence-electron chi connectivity index (χ1n) is 12.4. The number of hydrogen-bond acceptors (Lipinski definition) is 9. The molecule has 0 spiro atoms. The van der Waals surface area contributed by atoms with E-state index in [2.05, 4.69) is 4.98 Å². The number of carbonyl (C=O) groups is 2. The third-order valence-corrected chi connectivity index (χ3v) is 8.36. The molecular weight excluding hydrogens is 470 g/mol. The summed E-state index contributed by atoms with van der Waals surface area (Å²) in [4.78, 5) is 30.6. The van der Waals surface area contributed by atoms with Crippen molar-refractivity contribution in [3.63, 3.8) is 0 Å². The number of nitrogens with zero attached hydrogens (tertiary/aromatic N) is 1. The first kappa shape index (κ1) is 27.9. The minimum atomic E-state index is -1.60. The second kappa shape index (κ2) is 11.6. The van der Waals surface area contributed by atoms with Gasteiger partial charge in [0.2, 0.25) is 0 Å². The molecule has 35 heavy (non-hydrogen) atoms. The number of thiazole rings is 1. The predicted molar refractivity (Wildman–Crippen MR) is 133 cm³/mol.